The van der Waals surface area contributed by atoms with Crippen LogP contribution in [-0.4, -0.2) is 15.7 Å². The van der Waals surface area contributed by atoms with E-state index in [0.29, 0.717) is 5.69 Å². The van der Waals surface area contributed by atoms with E-state index in [9.17, 15) is 9.59 Å². The summed E-state index contributed by atoms with van der Waals surface area (Å²) >= 11 is 0. The van der Waals surface area contributed by atoms with Crippen LogP contribution in [0.1, 0.15) is 19.8 Å². The maximum absolute atomic E-state index is 11.6. The van der Waals surface area contributed by atoms with Crippen molar-refractivity contribution in [3.05, 3.63) is 27.0 Å². The van der Waals surface area contributed by atoms with Crippen LogP contribution in [0.25, 0.3) is 0 Å². The maximum atomic E-state index is 11.6. The standard InChI is InChI=1S/C10H17N3O2/c1-4-5-6-11-8-7-12(2)10(15)13(3)9(8)14/h7,11H,4-6H2,1-3H3. The van der Waals surface area contributed by atoms with Crippen molar-refractivity contribution < 1.29 is 0 Å². The van der Waals surface area contributed by atoms with Crippen molar-refractivity contribution in [2.45, 2.75) is 19.8 Å². The maximum Gasteiger partial charge on any atom is 0.330 e. The fourth-order valence-electron chi connectivity index (χ4n) is 1.33. The van der Waals surface area contributed by atoms with Crippen LogP contribution >= 0.6 is 0 Å². The zero-order valence-corrected chi connectivity index (χ0v) is 9.41. The van der Waals surface area contributed by atoms with Crippen LogP contribution in [-0.2, 0) is 14.1 Å². The number of anilines is 1. The summed E-state index contributed by atoms with van der Waals surface area (Å²) < 4.78 is 2.50. The summed E-state index contributed by atoms with van der Waals surface area (Å²) in [6, 6.07) is 0. The summed E-state index contributed by atoms with van der Waals surface area (Å²) in [6.45, 7) is 2.84. The molecule has 0 unspecified atom stereocenters. The molecule has 0 atom stereocenters. The second-order valence-electron chi connectivity index (χ2n) is 3.58. The molecular weight excluding hydrogens is 194 g/mol. The lowest BCUT2D eigenvalue weighted by molar-refractivity contribution is 0.686. The summed E-state index contributed by atoms with van der Waals surface area (Å²) in [5.41, 5.74) is -0.0942. The van der Waals surface area contributed by atoms with Crippen molar-refractivity contribution in [2.24, 2.45) is 14.1 Å². The van der Waals surface area contributed by atoms with E-state index in [1.165, 1.54) is 11.6 Å². The van der Waals surface area contributed by atoms with Crippen LogP contribution < -0.4 is 16.6 Å². The monoisotopic (exact) mass is 211 g/mol. The molecular formula is C10H17N3O2. The minimum absolute atomic E-state index is 0.269. The predicted molar refractivity (Wildman–Crippen MR) is 60.3 cm³/mol. The Bertz CT molecular complexity index is 445. The lowest BCUT2D eigenvalue weighted by Gasteiger charge is -2.08. The van der Waals surface area contributed by atoms with Gasteiger partial charge in [-0.05, 0) is 6.42 Å². The van der Waals surface area contributed by atoms with Crippen LogP contribution in [0.3, 0.4) is 0 Å². The van der Waals surface area contributed by atoms with Crippen molar-refractivity contribution in [3.8, 4) is 0 Å². The smallest absolute Gasteiger partial charge is 0.330 e. The van der Waals surface area contributed by atoms with E-state index in [2.05, 4.69) is 12.2 Å². The molecule has 0 aromatic carbocycles. The largest absolute Gasteiger partial charge is 0.379 e. The highest BCUT2D eigenvalue weighted by Crippen LogP contribution is 1.96. The minimum Gasteiger partial charge on any atom is -0.379 e. The van der Waals surface area contributed by atoms with Crippen LogP contribution in [0, 0.1) is 0 Å². The second-order valence-corrected chi connectivity index (χ2v) is 3.58. The highest BCUT2D eigenvalue weighted by Gasteiger charge is 2.05. The molecule has 15 heavy (non-hydrogen) atoms. The predicted octanol–water partition coefficient (Wildman–Crippen LogP) is 0.296. The van der Waals surface area contributed by atoms with Gasteiger partial charge in [0, 0.05) is 26.8 Å². The van der Waals surface area contributed by atoms with Gasteiger partial charge in [0.25, 0.3) is 5.56 Å². The Labute approximate surface area is 88.4 Å². The van der Waals surface area contributed by atoms with Crippen molar-refractivity contribution in [1.82, 2.24) is 9.13 Å². The highest BCUT2D eigenvalue weighted by atomic mass is 16.2. The second kappa shape index (κ2) is 4.82. The van der Waals surface area contributed by atoms with E-state index in [4.69, 9.17) is 0 Å². The quantitative estimate of drug-likeness (QED) is 0.729. The van der Waals surface area contributed by atoms with Gasteiger partial charge in [-0.15, -0.1) is 0 Å². The molecule has 0 aliphatic carbocycles. The van der Waals surface area contributed by atoms with Crippen LogP contribution in [0.4, 0.5) is 5.69 Å². The van der Waals surface area contributed by atoms with Crippen LogP contribution in [0.2, 0.25) is 0 Å². The third-order valence-electron chi connectivity index (χ3n) is 2.29. The number of aromatic nitrogens is 2. The molecule has 1 aromatic rings. The molecule has 0 aliphatic rings. The Kier molecular flexibility index (Phi) is 3.71. The van der Waals surface area contributed by atoms with Gasteiger partial charge in [0.05, 0.1) is 0 Å². The molecule has 5 heteroatoms. The number of aryl methyl sites for hydroxylation is 1. The van der Waals surface area contributed by atoms with Gasteiger partial charge in [-0.25, -0.2) is 4.79 Å². The molecule has 5 nitrogen and oxygen atoms in total. The normalized spacial score (nSPS) is 10.3. The van der Waals surface area contributed by atoms with Crippen LogP contribution in [0.5, 0.6) is 0 Å². The molecule has 0 saturated heterocycles. The third-order valence-corrected chi connectivity index (χ3v) is 2.29. The zero-order chi connectivity index (χ0) is 11.4. The summed E-state index contributed by atoms with van der Waals surface area (Å²) in [5.74, 6) is 0. The molecule has 1 rings (SSSR count). The Morgan fingerprint density at radius 3 is 2.60 bits per heavy atom. The third kappa shape index (κ3) is 2.49. The zero-order valence-electron chi connectivity index (χ0n) is 9.41. The molecule has 0 aliphatic heterocycles. The summed E-state index contributed by atoms with van der Waals surface area (Å²) in [7, 11) is 3.11. The molecule has 84 valence electrons. The van der Waals surface area contributed by atoms with Crippen molar-refractivity contribution >= 4 is 5.69 Å². The minimum atomic E-state index is -0.305. The molecule has 1 heterocycles. The number of nitrogens with one attached hydrogen (secondary N) is 1. The molecule has 0 bridgehead atoms. The number of unbranched alkanes of at least 4 members (excludes halogenated alkanes) is 1. The van der Waals surface area contributed by atoms with Crippen LogP contribution in [0.15, 0.2) is 15.8 Å². The topological polar surface area (TPSA) is 56.0 Å². The van der Waals surface area contributed by atoms with E-state index in [1.54, 1.807) is 13.2 Å². The van der Waals surface area contributed by atoms with Gasteiger partial charge in [0.2, 0.25) is 0 Å². The van der Waals surface area contributed by atoms with E-state index in [0.717, 1.165) is 24.0 Å². The van der Waals surface area contributed by atoms with Gasteiger partial charge in [-0.1, -0.05) is 13.3 Å². The van der Waals surface area contributed by atoms with Gasteiger partial charge in [0.15, 0.2) is 0 Å². The average molecular weight is 211 g/mol. The number of hydrogen-bond donors (Lipinski definition) is 1. The van der Waals surface area contributed by atoms with E-state index in [-0.39, 0.29) is 11.2 Å². The first-order valence-corrected chi connectivity index (χ1v) is 5.08. The van der Waals surface area contributed by atoms with E-state index < -0.39 is 0 Å². The molecule has 0 spiro atoms. The summed E-state index contributed by atoms with van der Waals surface area (Å²) in [5, 5.41) is 3.03. The SMILES string of the molecule is CCCCNc1cn(C)c(=O)n(C)c1=O. The van der Waals surface area contributed by atoms with Gasteiger partial charge in [-0.2, -0.15) is 0 Å². The Hall–Kier alpha value is -1.52. The van der Waals surface area contributed by atoms with Crippen molar-refractivity contribution in [1.29, 1.82) is 0 Å². The molecule has 1 N–H and O–H groups in total. The van der Waals surface area contributed by atoms with Gasteiger partial charge in [-0.3, -0.25) is 9.36 Å². The molecule has 0 radical (unpaired) electrons. The molecule has 0 amide bonds. The first-order valence-electron chi connectivity index (χ1n) is 5.08. The number of hydrogen-bond acceptors (Lipinski definition) is 3. The fraction of sp³-hybridized carbons (Fsp3) is 0.600. The highest BCUT2D eigenvalue weighted by molar-refractivity contribution is 5.37. The van der Waals surface area contributed by atoms with E-state index in [1.807, 2.05) is 0 Å². The molecule has 1 aromatic heterocycles. The summed E-state index contributed by atoms with van der Waals surface area (Å²) in [6.07, 6.45) is 3.62. The molecule has 0 saturated carbocycles. The fourth-order valence-corrected chi connectivity index (χ4v) is 1.33. The Morgan fingerprint density at radius 2 is 2.00 bits per heavy atom. The number of rotatable bonds is 4. The Balaban J connectivity index is 3.00. The molecule has 0 fully saturated rings. The van der Waals surface area contributed by atoms with Gasteiger partial charge >= 0.3 is 5.69 Å². The summed E-state index contributed by atoms with van der Waals surface area (Å²) in [4.78, 5) is 23.0. The van der Waals surface area contributed by atoms with Crippen molar-refractivity contribution in [2.75, 3.05) is 11.9 Å². The van der Waals surface area contributed by atoms with Crippen molar-refractivity contribution in [3.63, 3.8) is 0 Å². The Morgan fingerprint density at radius 1 is 1.33 bits per heavy atom. The lowest BCUT2D eigenvalue weighted by atomic mass is 10.3. The van der Waals surface area contributed by atoms with E-state index >= 15 is 0 Å². The van der Waals surface area contributed by atoms with Gasteiger partial charge < -0.3 is 9.88 Å². The first-order chi connectivity index (χ1) is 7.07. The van der Waals surface area contributed by atoms with Gasteiger partial charge in [0.1, 0.15) is 5.69 Å². The number of nitrogens with zero attached hydrogens (tertiary/aromatic N) is 2. The first kappa shape index (κ1) is 11.6. The average Bonchev–Trinajstić information content (AvgIpc) is 2.23. The lowest BCUT2D eigenvalue weighted by Crippen LogP contribution is -2.37.